The standard InChI is InChI=1S/C34H35N3O4S/c1-25-17-19-29(20-18-25)42-34-33(40-23-28-15-9-4-10-16-28)32(39-22-27-13-7-3-8-14-27)31(36-37-35)30(41-34)24-38-21-26-11-5-2-6-12-26/h2-20,30-34H,21-24H2,1H3/t30-,31-,32+,33-,34?/m1/s1. The Morgan fingerprint density at radius 3 is 1.79 bits per heavy atom. The molecule has 5 rings (SSSR count). The highest BCUT2D eigenvalue weighted by Gasteiger charge is 2.47. The minimum Gasteiger partial charge on any atom is -0.374 e. The van der Waals surface area contributed by atoms with Gasteiger partial charge in [-0.1, -0.05) is 126 Å². The van der Waals surface area contributed by atoms with Crippen molar-refractivity contribution in [2.45, 2.75) is 61.4 Å². The first kappa shape index (κ1) is 29.9. The van der Waals surface area contributed by atoms with E-state index in [1.807, 2.05) is 91.0 Å². The van der Waals surface area contributed by atoms with Crippen LogP contribution in [0.5, 0.6) is 0 Å². The zero-order chi connectivity index (χ0) is 29.0. The Balaban J connectivity index is 1.43. The third-order valence-electron chi connectivity index (χ3n) is 7.04. The predicted molar refractivity (Wildman–Crippen MR) is 165 cm³/mol. The van der Waals surface area contributed by atoms with Gasteiger partial charge in [-0.05, 0) is 41.3 Å². The van der Waals surface area contributed by atoms with Crippen LogP contribution in [0.2, 0.25) is 0 Å². The van der Waals surface area contributed by atoms with Crippen LogP contribution < -0.4 is 0 Å². The van der Waals surface area contributed by atoms with E-state index in [9.17, 15) is 5.53 Å². The van der Waals surface area contributed by atoms with Crippen LogP contribution >= 0.6 is 11.8 Å². The van der Waals surface area contributed by atoms with Gasteiger partial charge >= 0.3 is 0 Å². The molecule has 0 spiro atoms. The van der Waals surface area contributed by atoms with Gasteiger partial charge in [0, 0.05) is 9.81 Å². The van der Waals surface area contributed by atoms with E-state index in [2.05, 4.69) is 41.2 Å². The summed E-state index contributed by atoms with van der Waals surface area (Å²) in [4.78, 5) is 4.25. The Morgan fingerprint density at radius 2 is 1.24 bits per heavy atom. The van der Waals surface area contributed by atoms with Crippen molar-refractivity contribution in [3.63, 3.8) is 0 Å². The van der Waals surface area contributed by atoms with Crippen LogP contribution in [0.1, 0.15) is 22.3 Å². The summed E-state index contributed by atoms with van der Waals surface area (Å²) in [6.45, 7) is 3.43. The third-order valence-corrected chi connectivity index (χ3v) is 8.20. The van der Waals surface area contributed by atoms with Gasteiger partial charge in [-0.2, -0.15) is 0 Å². The number of thioether (sulfide) groups is 1. The summed E-state index contributed by atoms with van der Waals surface area (Å²) in [6.07, 6.45) is -1.64. The molecule has 0 bridgehead atoms. The quantitative estimate of drug-likeness (QED) is 0.0911. The van der Waals surface area contributed by atoms with Gasteiger partial charge in [0.15, 0.2) is 0 Å². The van der Waals surface area contributed by atoms with E-state index >= 15 is 0 Å². The highest BCUT2D eigenvalue weighted by atomic mass is 32.2. The molecule has 0 aliphatic carbocycles. The summed E-state index contributed by atoms with van der Waals surface area (Å²) < 4.78 is 25.9. The molecule has 1 saturated heterocycles. The molecule has 8 heteroatoms. The van der Waals surface area contributed by atoms with Crippen molar-refractivity contribution in [1.29, 1.82) is 0 Å². The molecule has 42 heavy (non-hydrogen) atoms. The zero-order valence-corrected chi connectivity index (χ0v) is 24.4. The van der Waals surface area contributed by atoms with Crippen LogP contribution in [-0.2, 0) is 38.8 Å². The number of hydrogen-bond acceptors (Lipinski definition) is 6. The van der Waals surface area contributed by atoms with Gasteiger partial charge in [0.1, 0.15) is 11.5 Å². The Labute approximate surface area is 251 Å². The lowest BCUT2D eigenvalue weighted by Gasteiger charge is -2.44. The number of azide groups is 1. The molecule has 0 N–H and O–H groups in total. The Kier molecular flexibility index (Phi) is 11.1. The second-order valence-electron chi connectivity index (χ2n) is 10.2. The second-order valence-corrected chi connectivity index (χ2v) is 11.4. The van der Waals surface area contributed by atoms with Gasteiger partial charge in [-0.15, -0.1) is 0 Å². The highest BCUT2D eigenvalue weighted by molar-refractivity contribution is 7.99. The molecule has 0 amide bonds. The predicted octanol–water partition coefficient (Wildman–Crippen LogP) is 7.88. The van der Waals surface area contributed by atoms with Crippen LogP contribution in [0.25, 0.3) is 10.4 Å². The topological polar surface area (TPSA) is 85.7 Å². The maximum absolute atomic E-state index is 9.62. The van der Waals surface area contributed by atoms with Gasteiger partial charge < -0.3 is 18.9 Å². The van der Waals surface area contributed by atoms with Gasteiger partial charge in [-0.3, -0.25) is 0 Å². The second kappa shape index (κ2) is 15.6. The minimum absolute atomic E-state index is 0.236. The van der Waals surface area contributed by atoms with Crippen LogP contribution in [-0.4, -0.2) is 36.4 Å². The molecule has 7 nitrogen and oxygen atoms in total. The van der Waals surface area contributed by atoms with E-state index in [1.165, 1.54) is 5.56 Å². The maximum Gasteiger partial charge on any atom is 0.136 e. The molecule has 1 aliphatic rings. The SMILES string of the molecule is Cc1ccc(SC2O[C@H](COCc3ccccc3)[C@@H](N=[N+]=[N-])[C@H](OCc3ccccc3)[C@H]2OCc2ccccc2)cc1. The lowest BCUT2D eigenvalue weighted by atomic mass is 9.97. The fraction of sp³-hybridized carbons (Fsp3) is 0.294. The molecule has 216 valence electrons. The van der Waals surface area contributed by atoms with Crippen molar-refractivity contribution in [2.24, 2.45) is 5.11 Å². The molecule has 4 aromatic carbocycles. The molecule has 1 aliphatic heterocycles. The summed E-state index contributed by atoms with van der Waals surface area (Å²) in [5, 5.41) is 4.20. The average molecular weight is 582 g/mol. The number of ether oxygens (including phenoxy) is 4. The molecular weight excluding hydrogens is 546 g/mol. The van der Waals surface area contributed by atoms with Crippen LogP contribution in [0.4, 0.5) is 0 Å². The Hall–Kier alpha value is -3.62. The van der Waals surface area contributed by atoms with E-state index < -0.39 is 29.8 Å². The first-order chi connectivity index (χ1) is 20.7. The molecule has 5 atom stereocenters. The first-order valence-electron chi connectivity index (χ1n) is 14.1. The lowest BCUT2D eigenvalue weighted by molar-refractivity contribution is -0.201. The summed E-state index contributed by atoms with van der Waals surface area (Å²) in [5.41, 5.74) is 13.5. The van der Waals surface area contributed by atoms with Crippen molar-refractivity contribution in [3.8, 4) is 0 Å². The molecule has 0 radical (unpaired) electrons. The number of aryl methyl sites for hydroxylation is 1. The molecule has 1 heterocycles. The molecule has 1 fully saturated rings. The lowest BCUT2D eigenvalue weighted by Crippen LogP contribution is -2.58. The third kappa shape index (κ3) is 8.46. The first-order valence-corrected chi connectivity index (χ1v) is 14.9. The molecule has 1 unspecified atom stereocenters. The number of nitrogens with zero attached hydrogens (tertiary/aromatic N) is 3. The maximum atomic E-state index is 9.62. The van der Waals surface area contributed by atoms with Crippen molar-refractivity contribution in [3.05, 3.63) is 148 Å². The molecule has 0 aromatic heterocycles. The smallest absolute Gasteiger partial charge is 0.136 e. The number of hydrogen-bond donors (Lipinski definition) is 0. The van der Waals surface area contributed by atoms with Crippen molar-refractivity contribution < 1.29 is 18.9 Å². The summed E-state index contributed by atoms with van der Waals surface area (Å²) in [6, 6.07) is 37.6. The normalized spacial score (nSPS) is 21.9. The van der Waals surface area contributed by atoms with Crippen LogP contribution in [0, 0.1) is 6.92 Å². The van der Waals surface area contributed by atoms with Gasteiger partial charge in [-0.25, -0.2) is 0 Å². The Bertz CT molecular complexity index is 1400. The van der Waals surface area contributed by atoms with E-state index in [1.54, 1.807) is 11.8 Å². The average Bonchev–Trinajstić information content (AvgIpc) is 3.03. The zero-order valence-electron chi connectivity index (χ0n) is 23.6. The molecular formula is C34H35N3O4S. The molecule has 4 aromatic rings. The van der Waals surface area contributed by atoms with E-state index in [-0.39, 0.29) is 6.61 Å². The van der Waals surface area contributed by atoms with Crippen LogP contribution in [0.3, 0.4) is 0 Å². The van der Waals surface area contributed by atoms with Crippen molar-refractivity contribution in [1.82, 2.24) is 0 Å². The fourth-order valence-corrected chi connectivity index (χ4v) is 5.97. The fourth-order valence-electron chi connectivity index (χ4n) is 4.84. The van der Waals surface area contributed by atoms with E-state index in [0.717, 1.165) is 21.6 Å². The van der Waals surface area contributed by atoms with Crippen LogP contribution in [0.15, 0.2) is 125 Å². The summed E-state index contributed by atoms with van der Waals surface area (Å²) >= 11 is 1.58. The molecule has 0 saturated carbocycles. The monoisotopic (exact) mass is 581 g/mol. The van der Waals surface area contributed by atoms with Gasteiger partial charge in [0.2, 0.25) is 0 Å². The van der Waals surface area contributed by atoms with E-state index in [4.69, 9.17) is 18.9 Å². The highest BCUT2D eigenvalue weighted by Crippen LogP contribution is 2.38. The van der Waals surface area contributed by atoms with E-state index in [0.29, 0.717) is 19.8 Å². The summed E-state index contributed by atoms with van der Waals surface area (Å²) in [5.74, 6) is 0. The van der Waals surface area contributed by atoms with Crippen molar-refractivity contribution in [2.75, 3.05) is 6.61 Å². The van der Waals surface area contributed by atoms with Crippen molar-refractivity contribution >= 4 is 11.8 Å². The largest absolute Gasteiger partial charge is 0.374 e. The van der Waals surface area contributed by atoms with Gasteiger partial charge in [0.05, 0.1) is 44.7 Å². The Morgan fingerprint density at radius 1 is 0.714 bits per heavy atom. The number of benzene rings is 4. The number of rotatable bonds is 13. The van der Waals surface area contributed by atoms with Gasteiger partial charge in [0.25, 0.3) is 0 Å². The summed E-state index contributed by atoms with van der Waals surface area (Å²) in [7, 11) is 0. The minimum atomic E-state index is -0.662.